The molecule has 0 saturated carbocycles. The summed E-state index contributed by atoms with van der Waals surface area (Å²) >= 11 is 5.61. The summed E-state index contributed by atoms with van der Waals surface area (Å²) in [5.74, 6) is 2.33. The van der Waals surface area contributed by atoms with E-state index in [4.69, 9.17) is 21.1 Å². The van der Waals surface area contributed by atoms with Crippen molar-refractivity contribution in [3.05, 3.63) is 29.8 Å². The van der Waals surface area contributed by atoms with E-state index in [0.717, 1.165) is 43.1 Å². The summed E-state index contributed by atoms with van der Waals surface area (Å²) in [5.41, 5.74) is 1.12. The van der Waals surface area contributed by atoms with E-state index in [1.54, 1.807) is 0 Å². The molecule has 3 heteroatoms. The van der Waals surface area contributed by atoms with Crippen molar-refractivity contribution in [2.45, 2.75) is 12.8 Å². The summed E-state index contributed by atoms with van der Waals surface area (Å²) in [4.78, 5) is 0. The van der Waals surface area contributed by atoms with Crippen molar-refractivity contribution in [1.29, 1.82) is 0 Å². The van der Waals surface area contributed by atoms with Gasteiger partial charge < -0.3 is 9.47 Å². The fraction of sp³-hybridized carbons (Fsp3) is 0.385. The second kappa shape index (κ2) is 5.80. The number of fused-ring (bicyclic) bond motifs is 1. The summed E-state index contributed by atoms with van der Waals surface area (Å²) in [6.07, 6.45) is 5.94. The Hall–Kier alpha value is -1.15. The first-order valence-electron chi connectivity index (χ1n) is 5.52. The highest BCUT2D eigenvalue weighted by molar-refractivity contribution is 6.17. The normalized spacial score (nSPS) is 15.1. The number of hydrogen-bond donors (Lipinski definition) is 0. The molecule has 0 saturated heterocycles. The van der Waals surface area contributed by atoms with Crippen LogP contribution < -0.4 is 9.47 Å². The molecule has 0 fully saturated rings. The molecule has 2 rings (SSSR count). The van der Waals surface area contributed by atoms with Crippen LogP contribution in [-0.4, -0.2) is 19.1 Å². The van der Waals surface area contributed by atoms with E-state index >= 15 is 0 Å². The smallest absolute Gasteiger partial charge is 0.161 e. The monoisotopic (exact) mass is 238 g/mol. The Bertz CT molecular complexity index is 374. The van der Waals surface area contributed by atoms with Crippen molar-refractivity contribution >= 4 is 17.7 Å². The minimum absolute atomic E-state index is 0.654. The van der Waals surface area contributed by atoms with Gasteiger partial charge in [0, 0.05) is 12.3 Å². The zero-order chi connectivity index (χ0) is 11.2. The number of benzene rings is 1. The fourth-order valence-corrected chi connectivity index (χ4v) is 1.69. The standard InChI is InChI=1S/C13H15ClO2/c14-7-2-1-4-11-5-6-12-13(10-11)16-9-3-8-15-12/h1,4-6,10H,2-3,7-9H2. The molecule has 0 unspecified atom stereocenters. The maximum Gasteiger partial charge on any atom is 0.161 e. The Morgan fingerprint density at radius 3 is 2.81 bits per heavy atom. The number of rotatable bonds is 3. The quantitative estimate of drug-likeness (QED) is 0.751. The summed E-state index contributed by atoms with van der Waals surface area (Å²) in [7, 11) is 0. The molecule has 0 spiro atoms. The van der Waals surface area contributed by atoms with Crippen molar-refractivity contribution in [3.63, 3.8) is 0 Å². The van der Waals surface area contributed by atoms with Crippen LogP contribution in [0.5, 0.6) is 11.5 Å². The summed E-state index contributed by atoms with van der Waals surface area (Å²) in [6, 6.07) is 5.99. The zero-order valence-corrected chi connectivity index (χ0v) is 9.87. The average Bonchev–Trinajstić information content (AvgIpc) is 2.54. The van der Waals surface area contributed by atoms with Gasteiger partial charge in [-0.3, -0.25) is 0 Å². The largest absolute Gasteiger partial charge is 0.490 e. The Morgan fingerprint density at radius 1 is 1.19 bits per heavy atom. The first-order valence-corrected chi connectivity index (χ1v) is 6.06. The van der Waals surface area contributed by atoms with E-state index in [1.165, 1.54) is 0 Å². The predicted molar refractivity (Wildman–Crippen MR) is 66.4 cm³/mol. The molecule has 86 valence electrons. The van der Waals surface area contributed by atoms with Gasteiger partial charge in [-0.05, 0) is 24.1 Å². The molecule has 1 aromatic rings. The van der Waals surface area contributed by atoms with Crippen LogP contribution in [-0.2, 0) is 0 Å². The minimum atomic E-state index is 0.654. The van der Waals surface area contributed by atoms with Gasteiger partial charge in [0.2, 0.25) is 0 Å². The lowest BCUT2D eigenvalue weighted by atomic mass is 10.2. The molecule has 0 aromatic heterocycles. The number of alkyl halides is 1. The number of halogens is 1. The molecule has 1 aliphatic rings. The molecular formula is C13H15ClO2. The van der Waals surface area contributed by atoms with Crippen LogP contribution in [0, 0.1) is 0 Å². The van der Waals surface area contributed by atoms with Gasteiger partial charge in [0.1, 0.15) is 0 Å². The van der Waals surface area contributed by atoms with Crippen molar-refractivity contribution in [3.8, 4) is 11.5 Å². The lowest BCUT2D eigenvalue weighted by Gasteiger charge is -2.07. The lowest BCUT2D eigenvalue weighted by Crippen LogP contribution is -1.97. The van der Waals surface area contributed by atoms with Crippen LogP contribution in [0.2, 0.25) is 0 Å². The van der Waals surface area contributed by atoms with Crippen molar-refractivity contribution in [2.24, 2.45) is 0 Å². The molecule has 0 N–H and O–H groups in total. The lowest BCUT2D eigenvalue weighted by molar-refractivity contribution is 0.297. The second-order valence-corrected chi connectivity index (χ2v) is 4.01. The van der Waals surface area contributed by atoms with Gasteiger partial charge >= 0.3 is 0 Å². The van der Waals surface area contributed by atoms with Crippen LogP contribution in [0.1, 0.15) is 18.4 Å². The summed E-state index contributed by atoms with van der Waals surface area (Å²) in [6.45, 7) is 1.45. The van der Waals surface area contributed by atoms with E-state index in [-0.39, 0.29) is 0 Å². The molecule has 1 aliphatic heterocycles. The number of ether oxygens (including phenoxy) is 2. The van der Waals surface area contributed by atoms with Crippen molar-refractivity contribution in [1.82, 2.24) is 0 Å². The topological polar surface area (TPSA) is 18.5 Å². The van der Waals surface area contributed by atoms with Gasteiger partial charge in [-0.25, -0.2) is 0 Å². The third-order valence-corrected chi connectivity index (χ3v) is 2.58. The highest BCUT2D eigenvalue weighted by atomic mass is 35.5. The van der Waals surface area contributed by atoms with Crippen LogP contribution in [0.25, 0.3) is 6.08 Å². The Balaban J connectivity index is 2.14. The molecule has 1 aromatic carbocycles. The van der Waals surface area contributed by atoms with Gasteiger partial charge in [0.05, 0.1) is 13.2 Å². The molecule has 0 atom stereocenters. The average molecular weight is 239 g/mol. The Labute approximate surface area is 101 Å². The summed E-state index contributed by atoms with van der Waals surface area (Å²) < 4.78 is 11.2. The predicted octanol–water partition coefficient (Wildman–Crippen LogP) is 3.49. The molecular weight excluding hydrogens is 224 g/mol. The minimum Gasteiger partial charge on any atom is -0.490 e. The Morgan fingerprint density at radius 2 is 2.00 bits per heavy atom. The third-order valence-electron chi connectivity index (χ3n) is 2.36. The zero-order valence-electron chi connectivity index (χ0n) is 9.12. The molecule has 0 bridgehead atoms. The van der Waals surface area contributed by atoms with Crippen LogP contribution in [0.3, 0.4) is 0 Å². The van der Waals surface area contributed by atoms with Crippen molar-refractivity contribution < 1.29 is 9.47 Å². The fourth-order valence-electron chi connectivity index (χ4n) is 1.57. The van der Waals surface area contributed by atoms with Crippen LogP contribution in [0.15, 0.2) is 24.3 Å². The first-order chi connectivity index (χ1) is 7.90. The van der Waals surface area contributed by atoms with Gasteiger partial charge in [0.25, 0.3) is 0 Å². The van der Waals surface area contributed by atoms with Gasteiger partial charge in [0.15, 0.2) is 11.5 Å². The highest BCUT2D eigenvalue weighted by Gasteiger charge is 2.09. The SMILES string of the molecule is ClCCC=Cc1ccc2c(c1)OCCCO2. The molecule has 16 heavy (non-hydrogen) atoms. The highest BCUT2D eigenvalue weighted by Crippen LogP contribution is 2.30. The maximum atomic E-state index is 5.61. The van der Waals surface area contributed by atoms with E-state index in [9.17, 15) is 0 Å². The van der Waals surface area contributed by atoms with Gasteiger partial charge in [-0.2, -0.15) is 0 Å². The van der Waals surface area contributed by atoms with Gasteiger partial charge in [-0.15, -0.1) is 11.6 Å². The molecule has 0 aliphatic carbocycles. The molecule has 2 nitrogen and oxygen atoms in total. The van der Waals surface area contributed by atoms with E-state index in [1.807, 2.05) is 18.2 Å². The summed E-state index contributed by atoms with van der Waals surface area (Å²) in [5, 5.41) is 0. The third kappa shape index (κ3) is 2.92. The van der Waals surface area contributed by atoms with Crippen LogP contribution >= 0.6 is 11.6 Å². The maximum absolute atomic E-state index is 5.61. The number of hydrogen-bond acceptors (Lipinski definition) is 2. The molecule has 0 radical (unpaired) electrons. The first kappa shape index (κ1) is 11.3. The van der Waals surface area contributed by atoms with E-state index in [0.29, 0.717) is 5.88 Å². The van der Waals surface area contributed by atoms with E-state index < -0.39 is 0 Å². The second-order valence-electron chi connectivity index (χ2n) is 3.64. The Kier molecular flexibility index (Phi) is 4.11. The van der Waals surface area contributed by atoms with E-state index in [2.05, 4.69) is 12.2 Å². The molecule has 1 heterocycles. The number of allylic oxidation sites excluding steroid dienone is 1. The van der Waals surface area contributed by atoms with Crippen molar-refractivity contribution in [2.75, 3.05) is 19.1 Å². The van der Waals surface area contributed by atoms with Gasteiger partial charge in [-0.1, -0.05) is 18.2 Å². The molecule has 0 amide bonds. The van der Waals surface area contributed by atoms with Crippen LogP contribution in [0.4, 0.5) is 0 Å².